The monoisotopic (exact) mass is 484 g/mol. The fraction of sp³-hybridized carbons (Fsp3) is 0.235. The third-order valence-electron chi connectivity index (χ3n) is 8.55. The molecule has 0 fully saturated rings. The standard InChI is InChI=1S/C34H28O3/c1-3-19(2)20-11-13-23(14-12-20)37-34(36)28-18-22-8-6-10-27-30(22)32-26(28)16-15-25-24-9-5-4-7-21(24)17-29(31(25)32)33(27)35/h6,8,10-19H,3-5,7,9H2,1-2H3. The highest BCUT2D eigenvalue weighted by Gasteiger charge is 2.29. The lowest BCUT2D eigenvalue weighted by Gasteiger charge is -2.25. The van der Waals surface area contributed by atoms with Gasteiger partial charge in [-0.25, -0.2) is 4.79 Å². The first-order chi connectivity index (χ1) is 18.0. The van der Waals surface area contributed by atoms with Crippen molar-refractivity contribution in [2.45, 2.75) is 51.9 Å². The number of ketones is 1. The summed E-state index contributed by atoms with van der Waals surface area (Å²) in [7, 11) is 0. The molecule has 0 aromatic heterocycles. The van der Waals surface area contributed by atoms with Crippen molar-refractivity contribution in [3.8, 4) is 5.75 Å². The number of rotatable bonds is 4. The van der Waals surface area contributed by atoms with Gasteiger partial charge in [0.15, 0.2) is 5.78 Å². The molecule has 1 atom stereocenters. The van der Waals surface area contributed by atoms with Crippen molar-refractivity contribution < 1.29 is 14.3 Å². The molecule has 0 amide bonds. The second-order valence-corrected chi connectivity index (χ2v) is 10.6. The molecule has 3 nitrogen and oxygen atoms in total. The van der Waals surface area contributed by atoms with E-state index in [4.69, 9.17) is 4.74 Å². The second kappa shape index (κ2) is 8.27. The SMILES string of the molecule is CCC(C)c1ccc(OC(=O)c2cc3cccc4c3c3c2ccc2c5c(cc(c23)C4=O)CCCC5)cc1. The van der Waals surface area contributed by atoms with Crippen LogP contribution in [0.2, 0.25) is 0 Å². The lowest BCUT2D eigenvalue weighted by atomic mass is 9.78. The van der Waals surface area contributed by atoms with E-state index in [1.165, 1.54) is 23.1 Å². The zero-order valence-corrected chi connectivity index (χ0v) is 21.2. The number of benzene rings is 5. The predicted octanol–water partition coefficient (Wildman–Crippen LogP) is 8.30. The third-order valence-corrected chi connectivity index (χ3v) is 8.55. The maximum absolute atomic E-state index is 13.7. The molecule has 2 aliphatic carbocycles. The normalized spacial score (nSPS) is 15.0. The zero-order valence-electron chi connectivity index (χ0n) is 21.2. The number of carbonyl (C=O) groups excluding carboxylic acids is 2. The van der Waals surface area contributed by atoms with Gasteiger partial charge in [0, 0.05) is 21.9 Å². The average Bonchev–Trinajstić information content (AvgIpc) is 2.94. The van der Waals surface area contributed by atoms with Gasteiger partial charge in [-0.05, 0) is 101 Å². The van der Waals surface area contributed by atoms with E-state index in [0.29, 0.717) is 17.2 Å². The van der Waals surface area contributed by atoms with E-state index in [1.54, 1.807) is 0 Å². The molecule has 0 N–H and O–H groups in total. The van der Waals surface area contributed by atoms with Crippen LogP contribution >= 0.6 is 0 Å². The van der Waals surface area contributed by atoms with Crippen LogP contribution in [0.25, 0.3) is 32.3 Å². The molecule has 1 unspecified atom stereocenters. The van der Waals surface area contributed by atoms with Crippen LogP contribution < -0.4 is 4.74 Å². The summed E-state index contributed by atoms with van der Waals surface area (Å²) in [6.45, 7) is 4.36. The lowest BCUT2D eigenvalue weighted by Crippen LogP contribution is -2.14. The minimum Gasteiger partial charge on any atom is -0.423 e. The summed E-state index contributed by atoms with van der Waals surface area (Å²) in [6.07, 6.45) is 5.44. The van der Waals surface area contributed by atoms with Crippen molar-refractivity contribution in [2.24, 2.45) is 0 Å². The molecule has 0 spiro atoms. The second-order valence-electron chi connectivity index (χ2n) is 10.6. The number of hydrogen-bond donors (Lipinski definition) is 0. The first-order valence-electron chi connectivity index (χ1n) is 13.4. The number of hydrogen-bond acceptors (Lipinski definition) is 3. The maximum Gasteiger partial charge on any atom is 0.344 e. The van der Waals surface area contributed by atoms with E-state index in [-0.39, 0.29) is 11.8 Å². The highest BCUT2D eigenvalue weighted by Crippen LogP contribution is 2.45. The van der Waals surface area contributed by atoms with Crippen molar-refractivity contribution >= 4 is 44.1 Å². The van der Waals surface area contributed by atoms with Crippen LogP contribution in [0.1, 0.15) is 82.0 Å². The Bertz CT molecular complexity index is 1780. The fourth-order valence-electron chi connectivity index (χ4n) is 6.41. The molecular formula is C34H28O3. The van der Waals surface area contributed by atoms with Gasteiger partial charge in [0.25, 0.3) is 0 Å². The Morgan fingerprint density at radius 2 is 1.65 bits per heavy atom. The summed E-state index contributed by atoms with van der Waals surface area (Å²) in [5, 5.41) is 5.86. The minimum absolute atomic E-state index is 0.0840. The van der Waals surface area contributed by atoms with Gasteiger partial charge in [0.05, 0.1) is 5.56 Å². The van der Waals surface area contributed by atoms with Gasteiger partial charge in [-0.1, -0.05) is 56.3 Å². The van der Waals surface area contributed by atoms with Gasteiger partial charge < -0.3 is 4.74 Å². The number of ether oxygens (including phenoxy) is 1. The Morgan fingerprint density at radius 3 is 2.46 bits per heavy atom. The van der Waals surface area contributed by atoms with Crippen molar-refractivity contribution in [1.29, 1.82) is 0 Å². The number of esters is 1. The topological polar surface area (TPSA) is 43.4 Å². The zero-order chi connectivity index (χ0) is 25.3. The largest absolute Gasteiger partial charge is 0.423 e. The Labute approximate surface area is 216 Å². The molecular weight excluding hydrogens is 456 g/mol. The lowest BCUT2D eigenvalue weighted by molar-refractivity contribution is 0.0736. The quantitative estimate of drug-likeness (QED) is 0.144. The van der Waals surface area contributed by atoms with Gasteiger partial charge >= 0.3 is 5.97 Å². The molecule has 0 radical (unpaired) electrons. The molecule has 0 saturated carbocycles. The van der Waals surface area contributed by atoms with Crippen LogP contribution in [0, 0.1) is 0 Å². The van der Waals surface area contributed by atoms with Crippen LogP contribution in [0.4, 0.5) is 0 Å². The summed E-state index contributed by atoms with van der Waals surface area (Å²) in [5.41, 5.74) is 5.92. The molecule has 182 valence electrons. The fourth-order valence-corrected chi connectivity index (χ4v) is 6.41. The van der Waals surface area contributed by atoms with Gasteiger partial charge in [-0.3, -0.25) is 4.79 Å². The van der Waals surface area contributed by atoms with E-state index in [2.05, 4.69) is 32.0 Å². The molecule has 0 bridgehead atoms. The van der Waals surface area contributed by atoms with Crippen LogP contribution in [0.15, 0.2) is 66.7 Å². The van der Waals surface area contributed by atoms with Gasteiger partial charge in [-0.2, -0.15) is 0 Å². The molecule has 5 aromatic carbocycles. The van der Waals surface area contributed by atoms with Gasteiger partial charge in [0.2, 0.25) is 0 Å². The van der Waals surface area contributed by atoms with E-state index < -0.39 is 0 Å². The van der Waals surface area contributed by atoms with Crippen molar-refractivity contribution in [2.75, 3.05) is 0 Å². The third kappa shape index (κ3) is 3.26. The van der Waals surface area contributed by atoms with Gasteiger partial charge in [-0.15, -0.1) is 0 Å². The molecule has 0 aliphatic heterocycles. The van der Waals surface area contributed by atoms with Crippen molar-refractivity contribution in [3.05, 3.63) is 100 Å². The molecule has 5 aromatic rings. The van der Waals surface area contributed by atoms with Crippen LogP contribution in [0.3, 0.4) is 0 Å². The summed E-state index contributed by atoms with van der Waals surface area (Å²) >= 11 is 0. The maximum atomic E-state index is 13.7. The predicted molar refractivity (Wildman–Crippen MR) is 149 cm³/mol. The summed E-state index contributed by atoms with van der Waals surface area (Å²) in [4.78, 5) is 27.3. The Morgan fingerprint density at radius 1 is 0.865 bits per heavy atom. The Kier molecular flexibility index (Phi) is 4.97. The minimum atomic E-state index is -0.376. The Balaban J connectivity index is 1.45. The van der Waals surface area contributed by atoms with E-state index >= 15 is 0 Å². The molecule has 3 heteroatoms. The summed E-state index contributed by atoms with van der Waals surface area (Å²) < 4.78 is 5.89. The molecule has 2 aliphatic rings. The van der Waals surface area contributed by atoms with E-state index in [0.717, 1.165) is 69.1 Å². The molecule has 7 rings (SSSR count). The molecule has 37 heavy (non-hydrogen) atoms. The van der Waals surface area contributed by atoms with Crippen LogP contribution in [-0.4, -0.2) is 11.8 Å². The van der Waals surface area contributed by atoms with Crippen molar-refractivity contribution in [1.82, 2.24) is 0 Å². The van der Waals surface area contributed by atoms with E-state index in [9.17, 15) is 9.59 Å². The van der Waals surface area contributed by atoms with Crippen LogP contribution in [-0.2, 0) is 12.8 Å². The molecule has 0 heterocycles. The number of fused-ring (bicyclic) bond motifs is 2. The van der Waals surface area contributed by atoms with E-state index in [1.807, 2.05) is 48.5 Å². The Hall–Kier alpha value is -3.98. The molecule has 0 saturated heterocycles. The summed E-state index contributed by atoms with van der Waals surface area (Å²) in [6, 6.07) is 21.8. The number of carbonyl (C=O) groups is 2. The van der Waals surface area contributed by atoms with Crippen molar-refractivity contribution in [3.63, 3.8) is 0 Å². The number of aryl methyl sites for hydroxylation is 2. The summed E-state index contributed by atoms with van der Waals surface area (Å²) in [5.74, 6) is 0.710. The smallest absolute Gasteiger partial charge is 0.344 e. The first-order valence-corrected chi connectivity index (χ1v) is 13.4. The highest BCUT2D eigenvalue weighted by atomic mass is 16.5. The highest BCUT2D eigenvalue weighted by molar-refractivity contribution is 6.38. The van der Waals surface area contributed by atoms with Crippen LogP contribution in [0.5, 0.6) is 5.75 Å². The van der Waals surface area contributed by atoms with Gasteiger partial charge in [0.1, 0.15) is 5.75 Å². The average molecular weight is 485 g/mol. The first kappa shape index (κ1) is 22.2.